The summed E-state index contributed by atoms with van der Waals surface area (Å²) in [6, 6.07) is 24.2. The van der Waals surface area contributed by atoms with Gasteiger partial charge in [-0.3, -0.25) is 0 Å². The molecule has 1 atom stereocenters. The van der Waals surface area contributed by atoms with Gasteiger partial charge in [0.1, 0.15) is 0 Å². The van der Waals surface area contributed by atoms with E-state index in [0.29, 0.717) is 0 Å². The number of hydrogen-bond acceptors (Lipinski definition) is 1. The molecule has 0 radical (unpaired) electrons. The normalized spacial score (nSPS) is 17.0. The SMILES string of the molecule is Cc1cc(C)c2c(c1)C1C(=C=C2)c2ccccc2N1c1ccccc1. The summed E-state index contributed by atoms with van der Waals surface area (Å²) in [5.74, 6) is 0. The van der Waals surface area contributed by atoms with Crippen molar-refractivity contribution in [1.82, 2.24) is 0 Å². The van der Waals surface area contributed by atoms with Gasteiger partial charge in [-0.1, -0.05) is 54.1 Å². The van der Waals surface area contributed by atoms with Crippen LogP contribution in [0.1, 0.15) is 33.9 Å². The van der Waals surface area contributed by atoms with Gasteiger partial charge in [0, 0.05) is 16.8 Å². The van der Waals surface area contributed by atoms with E-state index in [4.69, 9.17) is 0 Å². The molecule has 120 valence electrons. The van der Waals surface area contributed by atoms with E-state index in [2.05, 4.69) is 97.3 Å². The lowest BCUT2D eigenvalue weighted by Crippen LogP contribution is -2.21. The van der Waals surface area contributed by atoms with Crippen molar-refractivity contribution in [1.29, 1.82) is 0 Å². The first-order chi connectivity index (χ1) is 12.2. The minimum atomic E-state index is 0.193. The van der Waals surface area contributed by atoms with Crippen LogP contribution in [0.15, 0.2) is 72.5 Å². The van der Waals surface area contributed by atoms with Gasteiger partial charge in [-0.15, -0.1) is 5.73 Å². The molecule has 1 aliphatic heterocycles. The van der Waals surface area contributed by atoms with Crippen molar-refractivity contribution >= 4 is 23.0 Å². The summed E-state index contributed by atoms with van der Waals surface area (Å²) in [5, 5.41) is 0. The average Bonchev–Trinajstić information content (AvgIpc) is 2.97. The molecule has 0 bridgehead atoms. The summed E-state index contributed by atoms with van der Waals surface area (Å²) >= 11 is 0. The van der Waals surface area contributed by atoms with Crippen molar-refractivity contribution in [2.75, 3.05) is 4.90 Å². The van der Waals surface area contributed by atoms with Crippen LogP contribution in [-0.2, 0) is 0 Å². The van der Waals surface area contributed by atoms with Crippen molar-refractivity contribution in [3.63, 3.8) is 0 Å². The van der Waals surface area contributed by atoms with E-state index >= 15 is 0 Å². The molecular formula is C24H19N. The Labute approximate surface area is 148 Å². The summed E-state index contributed by atoms with van der Waals surface area (Å²) in [6.45, 7) is 4.38. The number of rotatable bonds is 1. The third-order valence-corrected chi connectivity index (χ3v) is 5.25. The Balaban J connectivity index is 1.83. The molecule has 1 unspecified atom stereocenters. The number of para-hydroxylation sites is 2. The van der Waals surface area contributed by atoms with E-state index in [1.165, 1.54) is 44.8 Å². The molecule has 1 heterocycles. The average molecular weight is 321 g/mol. The second-order valence-electron chi connectivity index (χ2n) is 6.91. The maximum absolute atomic E-state index is 3.60. The number of aryl methyl sites for hydroxylation is 2. The van der Waals surface area contributed by atoms with Gasteiger partial charge in [-0.25, -0.2) is 0 Å². The van der Waals surface area contributed by atoms with Crippen LogP contribution in [0.2, 0.25) is 0 Å². The highest BCUT2D eigenvalue weighted by Crippen LogP contribution is 2.53. The van der Waals surface area contributed by atoms with Crippen LogP contribution in [0.5, 0.6) is 0 Å². The molecule has 0 spiro atoms. The zero-order valence-corrected chi connectivity index (χ0v) is 14.5. The van der Waals surface area contributed by atoms with Crippen molar-refractivity contribution in [2.24, 2.45) is 0 Å². The van der Waals surface area contributed by atoms with E-state index in [0.717, 1.165) is 0 Å². The predicted octanol–water partition coefficient (Wildman–Crippen LogP) is 6.21. The van der Waals surface area contributed by atoms with Gasteiger partial charge in [0.2, 0.25) is 0 Å². The lowest BCUT2D eigenvalue weighted by atomic mass is 9.86. The molecule has 5 rings (SSSR count). The van der Waals surface area contributed by atoms with Crippen LogP contribution < -0.4 is 4.90 Å². The fourth-order valence-electron chi connectivity index (χ4n) is 4.24. The smallest absolute Gasteiger partial charge is 0.0929 e. The first-order valence-corrected chi connectivity index (χ1v) is 8.75. The summed E-state index contributed by atoms with van der Waals surface area (Å²) in [4.78, 5) is 2.46. The van der Waals surface area contributed by atoms with Gasteiger partial charge >= 0.3 is 0 Å². The van der Waals surface area contributed by atoms with Gasteiger partial charge in [0.05, 0.1) is 11.7 Å². The van der Waals surface area contributed by atoms with Crippen molar-refractivity contribution in [3.05, 3.63) is 100 Å². The van der Waals surface area contributed by atoms with E-state index in [1.807, 2.05) is 0 Å². The highest BCUT2D eigenvalue weighted by Gasteiger charge is 2.38. The Bertz CT molecular complexity index is 1050. The Morgan fingerprint density at radius 2 is 1.64 bits per heavy atom. The first-order valence-electron chi connectivity index (χ1n) is 8.75. The van der Waals surface area contributed by atoms with Gasteiger partial charge in [-0.2, -0.15) is 0 Å². The van der Waals surface area contributed by atoms with Gasteiger partial charge in [0.15, 0.2) is 0 Å². The van der Waals surface area contributed by atoms with Crippen LogP contribution in [0, 0.1) is 13.8 Å². The van der Waals surface area contributed by atoms with E-state index < -0.39 is 0 Å². The molecule has 1 nitrogen and oxygen atoms in total. The zero-order chi connectivity index (χ0) is 17.0. The lowest BCUT2D eigenvalue weighted by Gasteiger charge is -2.31. The second kappa shape index (κ2) is 5.24. The lowest BCUT2D eigenvalue weighted by molar-refractivity contribution is 0.894. The molecule has 0 N–H and O–H groups in total. The van der Waals surface area contributed by atoms with Crippen LogP contribution in [-0.4, -0.2) is 0 Å². The minimum Gasteiger partial charge on any atom is -0.329 e. The first kappa shape index (κ1) is 14.3. The Morgan fingerprint density at radius 1 is 0.880 bits per heavy atom. The van der Waals surface area contributed by atoms with Crippen molar-refractivity contribution < 1.29 is 0 Å². The zero-order valence-electron chi connectivity index (χ0n) is 14.5. The highest BCUT2D eigenvalue weighted by atomic mass is 15.2. The third-order valence-electron chi connectivity index (χ3n) is 5.25. The molecule has 1 aliphatic carbocycles. The Kier molecular flexibility index (Phi) is 3.00. The fourth-order valence-corrected chi connectivity index (χ4v) is 4.24. The van der Waals surface area contributed by atoms with Crippen LogP contribution in [0.3, 0.4) is 0 Å². The molecule has 1 heteroatoms. The number of anilines is 2. The molecule has 0 saturated carbocycles. The standard InChI is InChI=1S/C24H19N/c1-16-14-17(2)19-12-13-21-20-10-6-7-11-23(20)25(24(21)22(19)15-16)18-8-4-3-5-9-18/h3-12,14-15,24H,1-2H3. The molecule has 2 aliphatic rings. The van der Waals surface area contributed by atoms with Crippen molar-refractivity contribution in [2.45, 2.75) is 19.9 Å². The maximum atomic E-state index is 3.60. The topological polar surface area (TPSA) is 3.24 Å². The van der Waals surface area contributed by atoms with Gasteiger partial charge in [0.25, 0.3) is 0 Å². The largest absolute Gasteiger partial charge is 0.329 e. The molecule has 25 heavy (non-hydrogen) atoms. The molecular weight excluding hydrogens is 302 g/mol. The molecule has 0 saturated heterocycles. The number of benzene rings is 3. The minimum absolute atomic E-state index is 0.193. The summed E-state index contributed by atoms with van der Waals surface area (Å²) in [7, 11) is 0. The highest BCUT2D eigenvalue weighted by molar-refractivity contribution is 5.95. The second-order valence-corrected chi connectivity index (χ2v) is 6.91. The van der Waals surface area contributed by atoms with Gasteiger partial charge < -0.3 is 4.90 Å². The monoisotopic (exact) mass is 321 g/mol. The van der Waals surface area contributed by atoms with Crippen LogP contribution in [0.4, 0.5) is 11.4 Å². The Morgan fingerprint density at radius 3 is 2.48 bits per heavy atom. The van der Waals surface area contributed by atoms with Crippen LogP contribution >= 0.6 is 0 Å². The molecule has 0 fully saturated rings. The molecule has 0 amide bonds. The quantitative estimate of drug-likeness (QED) is 0.482. The molecule has 3 aromatic carbocycles. The molecule has 3 aromatic rings. The van der Waals surface area contributed by atoms with Crippen molar-refractivity contribution in [3.8, 4) is 0 Å². The predicted molar refractivity (Wildman–Crippen MR) is 105 cm³/mol. The Hall–Kier alpha value is -3.02. The number of nitrogens with zero attached hydrogens (tertiary/aromatic N) is 1. The maximum Gasteiger partial charge on any atom is 0.0929 e. The van der Waals surface area contributed by atoms with E-state index in [-0.39, 0.29) is 6.04 Å². The summed E-state index contributed by atoms with van der Waals surface area (Å²) in [5.41, 5.74) is 14.0. The van der Waals surface area contributed by atoms with Gasteiger partial charge in [-0.05, 0) is 54.8 Å². The number of fused-ring (bicyclic) bond motifs is 5. The van der Waals surface area contributed by atoms with E-state index in [9.17, 15) is 0 Å². The summed E-state index contributed by atoms with van der Waals surface area (Å²) in [6.07, 6.45) is 2.17. The third kappa shape index (κ3) is 2.03. The van der Waals surface area contributed by atoms with Crippen LogP contribution in [0.25, 0.3) is 11.6 Å². The number of hydrogen-bond donors (Lipinski definition) is 0. The molecule has 0 aromatic heterocycles. The summed E-state index contributed by atoms with van der Waals surface area (Å²) < 4.78 is 0. The van der Waals surface area contributed by atoms with E-state index in [1.54, 1.807) is 0 Å². The fraction of sp³-hybridized carbons (Fsp3) is 0.125.